The van der Waals surface area contributed by atoms with E-state index < -0.39 is 53.1 Å². The first-order valence-electron chi connectivity index (χ1n) is 12.7. The van der Waals surface area contributed by atoms with E-state index >= 15 is 0 Å². The average molecular weight is 570 g/mol. The number of hydrogen-bond donors (Lipinski definition) is 0. The van der Waals surface area contributed by atoms with Gasteiger partial charge in [0.15, 0.2) is 0 Å². The molecule has 0 heterocycles. The van der Waals surface area contributed by atoms with E-state index in [0.717, 1.165) is 18.1 Å². The number of carbonyl (C=O) groups is 1. The molecule has 0 aromatic heterocycles. The van der Waals surface area contributed by atoms with Crippen molar-refractivity contribution in [3.8, 4) is 0 Å². The lowest BCUT2D eigenvalue weighted by molar-refractivity contribution is -0.782. The average Bonchev–Trinajstić information content (AvgIpc) is 2.88. The third kappa shape index (κ3) is 15.2. The molecule has 0 aromatic carbocycles. The fourth-order valence-electron chi connectivity index (χ4n) is 3.65. The number of carbonyl (C=O) groups excluding carboxylic acids is 1. The highest BCUT2D eigenvalue weighted by Gasteiger charge is 2.37. The Hall–Kier alpha value is -4.23. The SMILES string of the molecule is CC.CC1=C(/C=C/C(C)=C/C=C/C(C)=C/C(=O)OCC(CO[N+](=O)[O-])(CO[N+](=O)[O-])CO[N+](=O)[O-])C(C)CCC1. The molecule has 0 aromatic rings. The second kappa shape index (κ2) is 18.9. The van der Waals surface area contributed by atoms with Crippen molar-refractivity contribution in [3.63, 3.8) is 0 Å². The fourth-order valence-corrected chi connectivity index (χ4v) is 3.65. The zero-order valence-corrected chi connectivity index (χ0v) is 23.8. The molecule has 0 saturated carbocycles. The Balaban J connectivity index is 0.00000742. The highest BCUT2D eigenvalue weighted by Crippen LogP contribution is 2.30. The normalized spacial score (nSPS) is 16.3. The van der Waals surface area contributed by atoms with Gasteiger partial charge < -0.3 is 19.2 Å². The zero-order chi connectivity index (χ0) is 30.7. The second-order valence-electron chi connectivity index (χ2n) is 9.12. The Bertz CT molecular complexity index is 983. The number of ether oxygens (including phenoxy) is 1. The largest absolute Gasteiger partial charge is 0.462 e. The van der Waals surface area contributed by atoms with E-state index in [0.29, 0.717) is 11.5 Å². The second-order valence-corrected chi connectivity index (χ2v) is 9.12. The predicted molar refractivity (Wildman–Crippen MR) is 145 cm³/mol. The van der Waals surface area contributed by atoms with Crippen LogP contribution in [-0.4, -0.2) is 47.7 Å². The van der Waals surface area contributed by atoms with Crippen molar-refractivity contribution in [2.75, 3.05) is 26.4 Å². The highest BCUT2D eigenvalue weighted by atomic mass is 17.0. The van der Waals surface area contributed by atoms with Gasteiger partial charge >= 0.3 is 5.97 Å². The van der Waals surface area contributed by atoms with E-state index in [2.05, 4.69) is 34.4 Å². The molecule has 0 aliphatic heterocycles. The number of esters is 1. The fraction of sp³-hybridized carbons (Fsp3) is 0.577. The molecule has 40 heavy (non-hydrogen) atoms. The van der Waals surface area contributed by atoms with Crippen LogP contribution < -0.4 is 0 Å². The van der Waals surface area contributed by atoms with Crippen LogP contribution in [-0.2, 0) is 24.0 Å². The Morgan fingerprint density at radius 1 is 0.925 bits per heavy atom. The lowest BCUT2D eigenvalue weighted by Gasteiger charge is -2.29. The number of allylic oxidation sites excluding steroid dienone is 9. The molecule has 1 atom stereocenters. The van der Waals surface area contributed by atoms with Crippen LogP contribution >= 0.6 is 0 Å². The van der Waals surface area contributed by atoms with E-state index in [4.69, 9.17) is 4.74 Å². The lowest BCUT2D eigenvalue weighted by Crippen LogP contribution is -2.43. The van der Waals surface area contributed by atoms with E-state index in [1.54, 1.807) is 19.1 Å². The summed E-state index contributed by atoms with van der Waals surface area (Å²) in [5, 5.41) is 28.2. The van der Waals surface area contributed by atoms with Gasteiger partial charge in [0.1, 0.15) is 26.4 Å². The molecule has 0 N–H and O–H groups in total. The molecule has 0 saturated heterocycles. The molecule has 0 fully saturated rings. The molecule has 1 aliphatic rings. The Morgan fingerprint density at radius 3 is 1.93 bits per heavy atom. The number of rotatable bonds is 16. The summed E-state index contributed by atoms with van der Waals surface area (Å²) in [4.78, 5) is 56.7. The monoisotopic (exact) mass is 569 g/mol. The maximum atomic E-state index is 12.3. The van der Waals surface area contributed by atoms with Gasteiger partial charge in [-0.1, -0.05) is 62.3 Å². The first-order chi connectivity index (χ1) is 18.8. The molecule has 14 heteroatoms. The van der Waals surface area contributed by atoms with Crippen LogP contribution in [0.1, 0.15) is 60.8 Å². The summed E-state index contributed by atoms with van der Waals surface area (Å²) < 4.78 is 5.04. The zero-order valence-electron chi connectivity index (χ0n) is 23.8. The van der Waals surface area contributed by atoms with Crippen LogP contribution in [0.4, 0.5) is 0 Å². The van der Waals surface area contributed by atoms with Crippen molar-refractivity contribution >= 4 is 5.97 Å². The minimum absolute atomic E-state index is 0.498. The first kappa shape index (κ1) is 35.8. The quantitative estimate of drug-likeness (QED) is 0.0771. The molecule has 14 nitrogen and oxygen atoms in total. The van der Waals surface area contributed by atoms with Gasteiger partial charge in [-0.3, -0.25) is 0 Å². The van der Waals surface area contributed by atoms with Gasteiger partial charge in [0.25, 0.3) is 15.3 Å². The summed E-state index contributed by atoms with van der Waals surface area (Å²) in [5.74, 6) is -0.365. The van der Waals surface area contributed by atoms with Crippen molar-refractivity contribution in [1.29, 1.82) is 0 Å². The van der Waals surface area contributed by atoms with Gasteiger partial charge in [-0.25, -0.2) is 4.79 Å². The molecule has 1 unspecified atom stereocenters. The molecule has 1 rings (SSSR count). The standard InChI is InChI=1S/C24H33N3O11.C2H6/c1-18(11-12-22-20(3)9-6-10-21(22)4)7-5-8-19(2)13-23(28)35-14-24(15-36-25(29)30,16-37-26(31)32)17-38-27(33)34;1-2/h5,7-8,11-13,20H,6,9-10,14-17H2,1-4H3;1-2H3/b8-5+,12-11+,18-7+,19-13+;. The molecule has 1 aliphatic carbocycles. The minimum atomic E-state index is -1.91. The van der Waals surface area contributed by atoms with Crippen molar-refractivity contribution < 1.29 is 39.3 Å². The van der Waals surface area contributed by atoms with Gasteiger partial charge in [-0.05, 0) is 57.1 Å². The first-order valence-corrected chi connectivity index (χ1v) is 12.7. The maximum Gasteiger partial charge on any atom is 0.331 e. The van der Waals surface area contributed by atoms with Crippen molar-refractivity contribution in [1.82, 2.24) is 0 Å². The van der Waals surface area contributed by atoms with Crippen LogP contribution in [0.2, 0.25) is 0 Å². The van der Waals surface area contributed by atoms with Crippen molar-refractivity contribution in [2.45, 2.75) is 60.8 Å². The topological polar surface area (TPSA) is 183 Å². The van der Waals surface area contributed by atoms with Gasteiger partial charge in [-0.15, -0.1) is 30.3 Å². The summed E-state index contributed by atoms with van der Waals surface area (Å²) in [7, 11) is 0. The Morgan fingerprint density at radius 2 is 1.45 bits per heavy atom. The van der Waals surface area contributed by atoms with Crippen LogP contribution in [0.5, 0.6) is 0 Å². The van der Waals surface area contributed by atoms with Crippen LogP contribution in [0, 0.1) is 41.7 Å². The molecule has 224 valence electrons. The van der Waals surface area contributed by atoms with Crippen LogP contribution in [0.25, 0.3) is 0 Å². The molecular weight excluding hydrogens is 530 g/mol. The van der Waals surface area contributed by atoms with E-state index in [-0.39, 0.29) is 0 Å². The van der Waals surface area contributed by atoms with Gasteiger partial charge in [0.05, 0.1) is 5.41 Å². The molecule has 0 bridgehead atoms. The highest BCUT2D eigenvalue weighted by molar-refractivity contribution is 5.83. The number of hydrogen-bond acceptors (Lipinski definition) is 11. The third-order valence-electron chi connectivity index (χ3n) is 5.75. The molecule has 0 radical (unpaired) electrons. The summed E-state index contributed by atoms with van der Waals surface area (Å²) in [6, 6.07) is 0. The van der Waals surface area contributed by atoms with E-state index in [1.165, 1.54) is 24.0 Å². The summed E-state index contributed by atoms with van der Waals surface area (Å²) in [6.07, 6.45) is 14.1. The van der Waals surface area contributed by atoms with E-state index in [9.17, 15) is 35.1 Å². The van der Waals surface area contributed by atoms with Crippen molar-refractivity contribution in [3.05, 3.63) is 89.1 Å². The van der Waals surface area contributed by atoms with Crippen LogP contribution in [0.15, 0.2) is 58.7 Å². The third-order valence-corrected chi connectivity index (χ3v) is 5.75. The Labute approximate surface area is 233 Å². The smallest absolute Gasteiger partial charge is 0.331 e. The molecule has 0 amide bonds. The summed E-state index contributed by atoms with van der Waals surface area (Å²) >= 11 is 0. The predicted octanol–water partition coefficient (Wildman–Crippen LogP) is 5.31. The van der Waals surface area contributed by atoms with Gasteiger partial charge in [0.2, 0.25) is 0 Å². The van der Waals surface area contributed by atoms with Crippen molar-refractivity contribution in [2.24, 2.45) is 11.3 Å². The van der Waals surface area contributed by atoms with E-state index in [1.807, 2.05) is 32.9 Å². The minimum Gasteiger partial charge on any atom is -0.462 e. The maximum absolute atomic E-state index is 12.3. The molecular formula is C26H39N3O11. The summed E-state index contributed by atoms with van der Waals surface area (Å²) in [6.45, 7) is 8.42. The Kier molecular flexibility index (Phi) is 16.9. The van der Waals surface area contributed by atoms with Gasteiger partial charge in [0, 0.05) is 6.08 Å². The summed E-state index contributed by atoms with van der Waals surface area (Å²) in [5.41, 5.74) is 2.36. The van der Waals surface area contributed by atoms with Crippen LogP contribution in [0.3, 0.4) is 0 Å². The lowest BCUT2D eigenvalue weighted by atomic mass is 9.84. The molecule has 0 spiro atoms. The number of nitrogens with zero attached hydrogens (tertiary/aromatic N) is 3. The van der Waals surface area contributed by atoms with Gasteiger partial charge in [-0.2, -0.15) is 0 Å².